The van der Waals surface area contributed by atoms with Crippen molar-refractivity contribution in [3.8, 4) is 0 Å². The molecule has 0 aliphatic rings. The summed E-state index contributed by atoms with van der Waals surface area (Å²) in [5.41, 5.74) is 6.43. The van der Waals surface area contributed by atoms with Gasteiger partial charge in [-0.2, -0.15) is 0 Å². The first kappa shape index (κ1) is 9.19. The van der Waals surface area contributed by atoms with E-state index < -0.39 is 0 Å². The van der Waals surface area contributed by atoms with Gasteiger partial charge in [-0.1, -0.05) is 19.1 Å². The standard InChI is InChI=1S/C8H16N4/c1-7(2)8-6-12(11-10-8)5-3-4-9/h6-7H,3-5,9H2,1-2H3. The molecule has 1 rings (SSSR count). The topological polar surface area (TPSA) is 56.7 Å². The minimum atomic E-state index is 0.455. The van der Waals surface area contributed by atoms with Crippen LogP contribution < -0.4 is 5.73 Å². The minimum absolute atomic E-state index is 0.455. The van der Waals surface area contributed by atoms with Crippen LogP contribution in [-0.2, 0) is 6.54 Å². The van der Waals surface area contributed by atoms with E-state index in [0.29, 0.717) is 12.5 Å². The molecule has 1 aromatic heterocycles. The highest BCUT2D eigenvalue weighted by atomic mass is 15.4. The SMILES string of the molecule is CC(C)c1cn(CCCN)nn1. The van der Waals surface area contributed by atoms with Crippen molar-refractivity contribution in [2.75, 3.05) is 6.54 Å². The Bertz CT molecular complexity index is 229. The van der Waals surface area contributed by atoms with E-state index in [2.05, 4.69) is 24.2 Å². The molecule has 1 heterocycles. The second-order valence-electron chi connectivity index (χ2n) is 3.20. The van der Waals surface area contributed by atoms with E-state index in [-0.39, 0.29) is 0 Å². The van der Waals surface area contributed by atoms with Gasteiger partial charge in [0.1, 0.15) is 0 Å². The Labute approximate surface area is 72.8 Å². The third-order valence-corrected chi connectivity index (χ3v) is 1.74. The van der Waals surface area contributed by atoms with Crippen molar-refractivity contribution < 1.29 is 0 Å². The molecule has 0 atom stereocenters. The van der Waals surface area contributed by atoms with Gasteiger partial charge in [-0.3, -0.25) is 4.68 Å². The molecule has 0 saturated carbocycles. The molecule has 0 aliphatic carbocycles. The Balaban J connectivity index is 2.52. The molecule has 0 amide bonds. The first-order chi connectivity index (χ1) is 5.74. The number of nitrogens with zero attached hydrogens (tertiary/aromatic N) is 3. The number of aromatic nitrogens is 3. The molecule has 0 bridgehead atoms. The van der Waals surface area contributed by atoms with Crippen molar-refractivity contribution in [3.63, 3.8) is 0 Å². The van der Waals surface area contributed by atoms with Gasteiger partial charge in [0, 0.05) is 12.7 Å². The van der Waals surface area contributed by atoms with Gasteiger partial charge in [-0.25, -0.2) is 0 Å². The van der Waals surface area contributed by atoms with E-state index in [1.807, 2.05) is 10.9 Å². The molecule has 12 heavy (non-hydrogen) atoms. The first-order valence-electron chi connectivity index (χ1n) is 4.34. The Hall–Kier alpha value is -0.900. The van der Waals surface area contributed by atoms with E-state index in [1.54, 1.807) is 0 Å². The van der Waals surface area contributed by atoms with E-state index in [0.717, 1.165) is 18.7 Å². The van der Waals surface area contributed by atoms with Crippen molar-refractivity contribution in [3.05, 3.63) is 11.9 Å². The Morgan fingerprint density at radius 2 is 2.33 bits per heavy atom. The highest BCUT2D eigenvalue weighted by Gasteiger charge is 2.03. The lowest BCUT2D eigenvalue weighted by Crippen LogP contribution is -2.06. The zero-order valence-electron chi connectivity index (χ0n) is 7.70. The van der Waals surface area contributed by atoms with E-state index >= 15 is 0 Å². The third kappa shape index (κ3) is 2.30. The molecular weight excluding hydrogens is 152 g/mol. The molecule has 1 aromatic rings. The lowest BCUT2D eigenvalue weighted by Gasteiger charge is -1.97. The average molecular weight is 168 g/mol. The zero-order valence-corrected chi connectivity index (χ0v) is 7.70. The van der Waals surface area contributed by atoms with Crippen LogP contribution in [0.1, 0.15) is 31.9 Å². The predicted molar refractivity (Wildman–Crippen MR) is 47.8 cm³/mol. The summed E-state index contributed by atoms with van der Waals surface area (Å²) in [6.07, 6.45) is 2.95. The summed E-state index contributed by atoms with van der Waals surface area (Å²) in [5.74, 6) is 0.455. The summed E-state index contributed by atoms with van der Waals surface area (Å²) in [6, 6.07) is 0. The van der Waals surface area contributed by atoms with Crippen LogP contribution in [-0.4, -0.2) is 21.5 Å². The van der Waals surface area contributed by atoms with Crippen LogP contribution in [0.3, 0.4) is 0 Å². The summed E-state index contributed by atoms with van der Waals surface area (Å²) in [7, 11) is 0. The fourth-order valence-electron chi connectivity index (χ4n) is 0.941. The zero-order chi connectivity index (χ0) is 8.97. The second kappa shape index (κ2) is 4.21. The van der Waals surface area contributed by atoms with Crippen molar-refractivity contribution in [1.82, 2.24) is 15.0 Å². The Morgan fingerprint density at radius 3 is 2.83 bits per heavy atom. The average Bonchev–Trinajstić information content (AvgIpc) is 2.48. The Morgan fingerprint density at radius 1 is 1.58 bits per heavy atom. The van der Waals surface area contributed by atoms with Crippen LogP contribution in [0.5, 0.6) is 0 Å². The van der Waals surface area contributed by atoms with Crippen LogP contribution in [0.4, 0.5) is 0 Å². The number of hydrogen-bond donors (Lipinski definition) is 1. The van der Waals surface area contributed by atoms with Gasteiger partial charge in [0.25, 0.3) is 0 Å². The minimum Gasteiger partial charge on any atom is -0.330 e. The highest BCUT2D eigenvalue weighted by molar-refractivity contribution is 4.97. The first-order valence-corrected chi connectivity index (χ1v) is 4.34. The van der Waals surface area contributed by atoms with Crippen molar-refractivity contribution in [2.45, 2.75) is 32.7 Å². The van der Waals surface area contributed by atoms with Gasteiger partial charge in [0.15, 0.2) is 0 Å². The number of aryl methyl sites for hydroxylation is 1. The number of rotatable bonds is 4. The molecule has 4 nitrogen and oxygen atoms in total. The quantitative estimate of drug-likeness (QED) is 0.721. The molecule has 0 aliphatic heterocycles. The fourth-order valence-corrected chi connectivity index (χ4v) is 0.941. The van der Waals surface area contributed by atoms with Gasteiger partial charge in [-0.05, 0) is 18.9 Å². The van der Waals surface area contributed by atoms with Crippen LogP contribution in [0.15, 0.2) is 6.20 Å². The fraction of sp³-hybridized carbons (Fsp3) is 0.750. The monoisotopic (exact) mass is 168 g/mol. The van der Waals surface area contributed by atoms with Crippen molar-refractivity contribution in [2.24, 2.45) is 5.73 Å². The molecule has 68 valence electrons. The molecule has 0 fully saturated rings. The molecule has 0 spiro atoms. The maximum atomic E-state index is 5.38. The lowest BCUT2D eigenvalue weighted by atomic mass is 10.2. The van der Waals surface area contributed by atoms with Crippen LogP contribution in [0, 0.1) is 0 Å². The molecule has 0 saturated heterocycles. The smallest absolute Gasteiger partial charge is 0.0852 e. The van der Waals surface area contributed by atoms with Gasteiger partial charge in [0.2, 0.25) is 0 Å². The largest absolute Gasteiger partial charge is 0.330 e. The second-order valence-corrected chi connectivity index (χ2v) is 3.20. The lowest BCUT2D eigenvalue weighted by molar-refractivity contribution is 0.564. The van der Waals surface area contributed by atoms with Gasteiger partial charge in [-0.15, -0.1) is 5.10 Å². The van der Waals surface area contributed by atoms with E-state index in [4.69, 9.17) is 5.73 Å². The van der Waals surface area contributed by atoms with E-state index in [9.17, 15) is 0 Å². The van der Waals surface area contributed by atoms with Crippen molar-refractivity contribution >= 4 is 0 Å². The van der Waals surface area contributed by atoms with Crippen LogP contribution in [0.2, 0.25) is 0 Å². The Kier molecular flexibility index (Phi) is 3.22. The molecule has 4 heteroatoms. The van der Waals surface area contributed by atoms with E-state index in [1.165, 1.54) is 0 Å². The van der Waals surface area contributed by atoms with Crippen LogP contribution >= 0.6 is 0 Å². The summed E-state index contributed by atoms with van der Waals surface area (Å²) in [5, 5.41) is 8.03. The molecule has 0 unspecified atom stereocenters. The summed E-state index contributed by atoms with van der Waals surface area (Å²) in [4.78, 5) is 0. The summed E-state index contributed by atoms with van der Waals surface area (Å²) < 4.78 is 1.85. The number of nitrogens with two attached hydrogens (primary N) is 1. The summed E-state index contributed by atoms with van der Waals surface area (Å²) in [6.45, 7) is 5.79. The molecular formula is C8H16N4. The maximum Gasteiger partial charge on any atom is 0.0852 e. The molecule has 2 N–H and O–H groups in total. The van der Waals surface area contributed by atoms with Crippen molar-refractivity contribution in [1.29, 1.82) is 0 Å². The van der Waals surface area contributed by atoms with Gasteiger partial charge >= 0.3 is 0 Å². The predicted octanol–water partition coefficient (Wildman–Crippen LogP) is 0.750. The maximum absolute atomic E-state index is 5.38. The van der Waals surface area contributed by atoms with Gasteiger partial charge in [0.05, 0.1) is 5.69 Å². The number of hydrogen-bond acceptors (Lipinski definition) is 3. The summed E-state index contributed by atoms with van der Waals surface area (Å²) >= 11 is 0. The normalized spacial score (nSPS) is 11.0. The molecule has 0 radical (unpaired) electrons. The molecule has 0 aromatic carbocycles. The third-order valence-electron chi connectivity index (χ3n) is 1.74. The van der Waals surface area contributed by atoms with Gasteiger partial charge < -0.3 is 5.73 Å². The highest BCUT2D eigenvalue weighted by Crippen LogP contribution is 2.08. The van der Waals surface area contributed by atoms with Crippen LogP contribution in [0.25, 0.3) is 0 Å².